The van der Waals surface area contributed by atoms with Gasteiger partial charge < -0.3 is 10.1 Å². The Morgan fingerprint density at radius 3 is 2.65 bits per heavy atom. The molecule has 1 N–H and O–H groups in total. The van der Waals surface area contributed by atoms with Crippen molar-refractivity contribution in [1.29, 1.82) is 0 Å². The van der Waals surface area contributed by atoms with Crippen molar-refractivity contribution >= 4 is 21.6 Å². The SMILES string of the molecule is O=C(Nc1cccc(COCC2CC2)c1)C1CCCN(S(=O)(=O)c2ccc(F)cc2)C1. The first-order valence-electron chi connectivity index (χ1n) is 10.6. The summed E-state index contributed by atoms with van der Waals surface area (Å²) in [7, 11) is -3.77. The molecule has 0 spiro atoms. The van der Waals surface area contributed by atoms with E-state index in [-0.39, 0.29) is 17.3 Å². The van der Waals surface area contributed by atoms with Crippen molar-refractivity contribution < 1.29 is 22.3 Å². The minimum absolute atomic E-state index is 0.0360. The molecule has 166 valence electrons. The van der Waals surface area contributed by atoms with Crippen LogP contribution in [0, 0.1) is 17.7 Å². The lowest BCUT2D eigenvalue weighted by atomic mass is 9.98. The van der Waals surface area contributed by atoms with E-state index in [0.717, 1.165) is 24.3 Å². The van der Waals surface area contributed by atoms with Crippen LogP contribution < -0.4 is 5.32 Å². The van der Waals surface area contributed by atoms with Gasteiger partial charge in [0.1, 0.15) is 5.82 Å². The molecule has 1 aliphatic heterocycles. The molecule has 6 nitrogen and oxygen atoms in total. The van der Waals surface area contributed by atoms with Crippen LogP contribution in [0.25, 0.3) is 0 Å². The number of rotatable bonds is 8. The fraction of sp³-hybridized carbons (Fsp3) is 0.435. The number of hydrogen-bond donors (Lipinski definition) is 1. The number of benzene rings is 2. The Morgan fingerprint density at radius 1 is 1.13 bits per heavy atom. The second-order valence-corrected chi connectivity index (χ2v) is 10.2. The topological polar surface area (TPSA) is 75.7 Å². The first-order valence-corrected chi connectivity index (χ1v) is 12.1. The van der Waals surface area contributed by atoms with Gasteiger partial charge in [-0.1, -0.05) is 12.1 Å². The number of hydrogen-bond acceptors (Lipinski definition) is 4. The molecule has 1 heterocycles. The van der Waals surface area contributed by atoms with Crippen LogP contribution in [0.15, 0.2) is 53.4 Å². The average Bonchev–Trinajstić information content (AvgIpc) is 3.59. The summed E-state index contributed by atoms with van der Waals surface area (Å²) in [6, 6.07) is 12.3. The summed E-state index contributed by atoms with van der Waals surface area (Å²) in [5, 5.41) is 2.92. The molecule has 8 heteroatoms. The van der Waals surface area contributed by atoms with Crippen molar-refractivity contribution in [2.45, 2.75) is 37.2 Å². The number of carbonyl (C=O) groups is 1. The largest absolute Gasteiger partial charge is 0.376 e. The Balaban J connectivity index is 1.36. The van der Waals surface area contributed by atoms with Crippen molar-refractivity contribution in [2.24, 2.45) is 11.8 Å². The molecule has 0 bridgehead atoms. The fourth-order valence-electron chi connectivity index (χ4n) is 3.74. The molecule has 1 amide bonds. The van der Waals surface area contributed by atoms with Gasteiger partial charge in [0.25, 0.3) is 0 Å². The molecule has 31 heavy (non-hydrogen) atoms. The molecule has 1 aliphatic carbocycles. The van der Waals surface area contributed by atoms with Crippen LogP contribution in [0.3, 0.4) is 0 Å². The Hall–Kier alpha value is -2.29. The van der Waals surface area contributed by atoms with Gasteiger partial charge in [-0.25, -0.2) is 12.8 Å². The monoisotopic (exact) mass is 446 g/mol. The Morgan fingerprint density at radius 2 is 1.90 bits per heavy atom. The summed E-state index contributed by atoms with van der Waals surface area (Å²) in [6.07, 6.45) is 3.69. The number of piperidine rings is 1. The summed E-state index contributed by atoms with van der Waals surface area (Å²) in [5.74, 6) is -0.438. The van der Waals surface area contributed by atoms with E-state index in [1.165, 1.54) is 29.3 Å². The average molecular weight is 447 g/mol. The van der Waals surface area contributed by atoms with Gasteiger partial charge in [0, 0.05) is 25.4 Å². The van der Waals surface area contributed by atoms with Crippen molar-refractivity contribution in [2.75, 3.05) is 25.0 Å². The van der Waals surface area contributed by atoms with E-state index >= 15 is 0 Å². The molecule has 1 saturated carbocycles. The normalized spacial score (nSPS) is 19.8. The maximum absolute atomic E-state index is 13.2. The Bertz CT molecular complexity index is 1020. The molecule has 1 saturated heterocycles. The molecule has 2 aromatic rings. The van der Waals surface area contributed by atoms with Gasteiger partial charge in [-0.2, -0.15) is 4.31 Å². The Kier molecular flexibility index (Phi) is 6.69. The number of halogens is 1. The third-order valence-electron chi connectivity index (χ3n) is 5.72. The van der Waals surface area contributed by atoms with Gasteiger partial charge in [0.15, 0.2) is 0 Å². The second kappa shape index (κ2) is 9.46. The number of amides is 1. The maximum atomic E-state index is 13.2. The summed E-state index contributed by atoms with van der Waals surface area (Å²) in [6.45, 7) is 1.73. The van der Waals surface area contributed by atoms with E-state index in [1.54, 1.807) is 0 Å². The molecular formula is C23H27FN2O4S. The lowest BCUT2D eigenvalue weighted by molar-refractivity contribution is -0.120. The molecular weight excluding hydrogens is 419 g/mol. The number of sulfonamides is 1. The number of carbonyl (C=O) groups excluding carboxylic acids is 1. The van der Waals surface area contributed by atoms with E-state index in [1.807, 2.05) is 24.3 Å². The van der Waals surface area contributed by atoms with E-state index in [0.29, 0.717) is 37.6 Å². The standard InChI is InChI=1S/C23H27FN2O4S/c24-20-8-10-22(11-9-20)31(28,29)26-12-2-4-19(14-26)23(27)25-21-5-1-3-18(13-21)16-30-15-17-6-7-17/h1,3,5,8-11,13,17,19H,2,4,6-7,12,14-16H2,(H,25,27). The minimum Gasteiger partial charge on any atom is -0.376 e. The number of nitrogens with one attached hydrogen (secondary N) is 1. The molecule has 4 rings (SSSR count). The van der Waals surface area contributed by atoms with Crippen molar-refractivity contribution in [3.63, 3.8) is 0 Å². The van der Waals surface area contributed by atoms with Crippen molar-refractivity contribution in [3.8, 4) is 0 Å². The van der Waals surface area contributed by atoms with Gasteiger partial charge >= 0.3 is 0 Å². The van der Waals surface area contributed by atoms with Crippen LogP contribution >= 0.6 is 0 Å². The zero-order chi connectivity index (χ0) is 21.8. The fourth-order valence-corrected chi connectivity index (χ4v) is 5.27. The van der Waals surface area contributed by atoms with Crippen LogP contribution in [0.2, 0.25) is 0 Å². The summed E-state index contributed by atoms with van der Waals surface area (Å²) < 4.78 is 45.9. The predicted octanol–water partition coefficient (Wildman–Crippen LogP) is 3.79. The lowest BCUT2D eigenvalue weighted by Crippen LogP contribution is -2.43. The third kappa shape index (κ3) is 5.70. The highest BCUT2D eigenvalue weighted by molar-refractivity contribution is 7.89. The molecule has 0 aromatic heterocycles. The van der Waals surface area contributed by atoms with E-state index in [2.05, 4.69) is 5.32 Å². The van der Waals surface area contributed by atoms with E-state index in [4.69, 9.17) is 4.74 Å². The van der Waals surface area contributed by atoms with Gasteiger partial charge in [0.2, 0.25) is 15.9 Å². The summed E-state index contributed by atoms with van der Waals surface area (Å²) in [4.78, 5) is 12.9. The van der Waals surface area contributed by atoms with Gasteiger partial charge in [0.05, 0.1) is 17.4 Å². The zero-order valence-corrected chi connectivity index (χ0v) is 18.1. The smallest absolute Gasteiger partial charge is 0.243 e. The summed E-state index contributed by atoms with van der Waals surface area (Å²) in [5.41, 5.74) is 1.67. The van der Waals surface area contributed by atoms with Crippen molar-refractivity contribution in [1.82, 2.24) is 4.31 Å². The van der Waals surface area contributed by atoms with E-state index < -0.39 is 21.8 Å². The van der Waals surface area contributed by atoms with E-state index in [9.17, 15) is 17.6 Å². The molecule has 2 aliphatic rings. The third-order valence-corrected chi connectivity index (χ3v) is 7.60. The van der Waals surface area contributed by atoms with Crippen molar-refractivity contribution in [3.05, 3.63) is 59.9 Å². The number of anilines is 1. The highest BCUT2D eigenvalue weighted by Gasteiger charge is 2.33. The molecule has 1 unspecified atom stereocenters. The molecule has 2 aromatic carbocycles. The lowest BCUT2D eigenvalue weighted by Gasteiger charge is -2.31. The van der Waals surface area contributed by atoms with Gasteiger partial charge in [-0.15, -0.1) is 0 Å². The highest BCUT2D eigenvalue weighted by atomic mass is 32.2. The maximum Gasteiger partial charge on any atom is 0.243 e. The Labute approximate surface area is 182 Å². The van der Waals surface area contributed by atoms with Gasteiger partial charge in [-0.05, 0) is 73.6 Å². The molecule has 0 radical (unpaired) electrons. The first-order chi connectivity index (χ1) is 14.9. The number of ether oxygens (including phenoxy) is 1. The zero-order valence-electron chi connectivity index (χ0n) is 17.3. The highest BCUT2D eigenvalue weighted by Crippen LogP contribution is 2.29. The predicted molar refractivity (Wildman–Crippen MR) is 115 cm³/mol. The molecule has 2 fully saturated rings. The molecule has 1 atom stereocenters. The number of nitrogens with zero attached hydrogens (tertiary/aromatic N) is 1. The van der Waals surface area contributed by atoms with Gasteiger partial charge in [-0.3, -0.25) is 4.79 Å². The summed E-state index contributed by atoms with van der Waals surface area (Å²) >= 11 is 0. The first kappa shape index (κ1) is 21.9. The van der Waals surface area contributed by atoms with Crippen LogP contribution in [-0.4, -0.2) is 38.3 Å². The quantitative estimate of drug-likeness (QED) is 0.669. The van der Waals surface area contributed by atoms with Crippen LogP contribution in [0.5, 0.6) is 0 Å². The minimum atomic E-state index is -3.77. The second-order valence-electron chi connectivity index (χ2n) is 8.30. The van der Waals surface area contributed by atoms with Crippen LogP contribution in [-0.2, 0) is 26.2 Å². The van der Waals surface area contributed by atoms with Crippen LogP contribution in [0.1, 0.15) is 31.2 Å². The van der Waals surface area contributed by atoms with Crippen LogP contribution in [0.4, 0.5) is 10.1 Å².